The lowest BCUT2D eigenvalue weighted by Gasteiger charge is -2.30. The van der Waals surface area contributed by atoms with Crippen molar-refractivity contribution in [3.05, 3.63) is 29.3 Å². The first-order valence-electron chi connectivity index (χ1n) is 8.65. The summed E-state index contributed by atoms with van der Waals surface area (Å²) in [5.41, 5.74) is 3.16. The molecule has 4 heteroatoms. The zero-order valence-electron chi connectivity index (χ0n) is 15.6. The second-order valence-electron chi connectivity index (χ2n) is 6.74. The second kappa shape index (κ2) is 9.68. The molecule has 1 aromatic rings. The number of amides is 1. The molecule has 0 heterocycles. The van der Waals surface area contributed by atoms with Crippen LogP contribution in [-0.4, -0.2) is 42.5 Å². The number of anilines is 1. The van der Waals surface area contributed by atoms with Crippen LogP contribution >= 0.6 is 0 Å². The van der Waals surface area contributed by atoms with Crippen molar-refractivity contribution >= 4 is 11.6 Å². The highest BCUT2D eigenvalue weighted by Gasteiger charge is 2.12. The van der Waals surface area contributed by atoms with E-state index in [1.54, 1.807) is 0 Å². The van der Waals surface area contributed by atoms with Crippen molar-refractivity contribution in [2.24, 2.45) is 0 Å². The van der Waals surface area contributed by atoms with E-state index in [4.69, 9.17) is 0 Å². The Hall–Kier alpha value is -1.39. The summed E-state index contributed by atoms with van der Waals surface area (Å²) in [5.74, 6) is 0.0690. The number of benzene rings is 1. The van der Waals surface area contributed by atoms with E-state index in [9.17, 15) is 4.79 Å². The molecule has 0 aromatic heterocycles. The second-order valence-corrected chi connectivity index (χ2v) is 6.74. The summed E-state index contributed by atoms with van der Waals surface area (Å²) in [6.45, 7) is 15.5. The van der Waals surface area contributed by atoms with Crippen LogP contribution in [0.2, 0.25) is 0 Å². The maximum Gasteiger partial charge on any atom is 0.225 e. The van der Waals surface area contributed by atoms with Crippen LogP contribution in [0.25, 0.3) is 0 Å². The molecule has 0 atom stereocenters. The van der Waals surface area contributed by atoms with E-state index in [0.717, 1.165) is 29.9 Å². The molecule has 130 valence electrons. The van der Waals surface area contributed by atoms with Crippen LogP contribution in [0, 0.1) is 13.8 Å². The zero-order chi connectivity index (χ0) is 17.4. The minimum absolute atomic E-state index is 0.0690. The van der Waals surface area contributed by atoms with Crippen LogP contribution in [0.3, 0.4) is 0 Å². The van der Waals surface area contributed by atoms with Crippen molar-refractivity contribution in [3.63, 3.8) is 0 Å². The first kappa shape index (κ1) is 19.7. The van der Waals surface area contributed by atoms with E-state index in [2.05, 4.69) is 43.2 Å². The van der Waals surface area contributed by atoms with Crippen LogP contribution < -0.4 is 10.6 Å². The van der Waals surface area contributed by atoms with Crippen molar-refractivity contribution in [1.82, 2.24) is 10.2 Å². The Labute approximate surface area is 141 Å². The summed E-state index contributed by atoms with van der Waals surface area (Å²) in [5, 5.41) is 6.39. The monoisotopic (exact) mass is 319 g/mol. The van der Waals surface area contributed by atoms with Crippen LogP contribution in [0.15, 0.2) is 18.2 Å². The average Bonchev–Trinajstić information content (AvgIpc) is 2.46. The Morgan fingerprint density at radius 3 is 2.13 bits per heavy atom. The van der Waals surface area contributed by atoms with Crippen LogP contribution in [-0.2, 0) is 4.79 Å². The molecule has 0 aliphatic carbocycles. The minimum Gasteiger partial charge on any atom is -0.326 e. The Morgan fingerprint density at radius 2 is 1.61 bits per heavy atom. The fraction of sp³-hybridized carbons (Fsp3) is 0.632. The fourth-order valence-electron chi connectivity index (χ4n) is 2.86. The summed E-state index contributed by atoms with van der Waals surface area (Å²) in [6, 6.07) is 7.14. The normalized spacial score (nSPS) is 11.5. The van der Waals surface area contributed by atoms with E-state index in [-0.39, 0.29) is 5.91 Å². The summed E-state index contributed by atoms with van der Waals surface area (Å²) < 4.78 is 0. The van der Waals surface area contributed by atoms with Gasteiger partial charge in [0.15, 0.2) is 0 Å². The number of para-hydroxylation sites is 1. The third kappa shape index (κ3) is 6.71. The molecule has 0 unspecified atom stereocenters. The Kier molecular flexibility index (Phi) is 8.28. The highest BCUT2D eigenvalue weighted by atomic mass is 16.1. The Morgan fingerprint density at radius 1 is 1.04 bits per heavy atom. The minimum atomic E-state index is 0.0690. The first-order valence-corrected chi connectivity index (χ1v) is 8.65. The van der Waals surface area contributed by atoms with Crippen LogP contribution in [0.5, 0.6) is 0 Å². The fourth-order valence-corrected chi connectivity index (χ4v) is 2.86. The number of nitrogens with zero attached hydrogens (tertiary/aromatic N) is 1. The molecule has 0 fully saturated rings. The van der Waals surface area contributed by atoms with Gasteiger partial charge in [-0.15, -0.1) is 0 Å². The Bertz CT molecular complexity index is 469. The highest BCUT2D eigenvalue weighted by molar-refractivity contribution is 5.92. The van der Waals surface area contributed by atoms with Gasteiger partial charge in [0.2, 0.25) is 5.91 Å². The summed E-state index contributed by atoms with van der Waals surface area (Å²) in [7, 11) is 0. The lowest BCUT2D eigenvalue weighted by Crippen LogP contribution is -2.41. The number of nitrogens with one attached hydrogen (secondary N) is 2. The van der Waals surface area contributed by atoms with Gasteiger partial charge in [0.1, 0.15) is 0 Å². The number of hydrogen-bond acceptors (Lipinski definition) is 3. The molecule has 0 saturated carbocycles. The van der Waals surface area contributed by atoms with Crippen LogP contribution in [0.1, 0.15) is 45.2 Å². The van der Waals surface area contributed by atoms with Gasteiger partial charge in [0.05, 0.1) is 0 Å². The largest absolute Gasteiger partial charge is 0.326 e. The molecule has 2 N–H and O–H groups in total. The number of aryl methyl sites for hydroxylation is 2. The maximum absolute atomic E-state index is 12.1. The van der Waals surface area contributed by atoms with E-state index in [1.807, 2.05) is 32.0 Å². The van der Waals surface area contributed by atoms with Gasteiger partial charge < -0.3 is 10.6 Å². The lowest BCUT2D eigenvalue weighted by atomic mass is 10.1. The molecule has 23 heavy (non-hydrogen) atoms. The van der Waals surface area contributed by atoms with Gasteiger partial charge in [-0.3, -0.25) is 9.69 Å². The van der Waals surface area contributed by atoms with E-state index in [1.165, 1.54) is 0 Å². The standard InChI is InChI=1S/C19H33N3O/c1-14(2)22(15(3)4)13-12-20-11-10-18(23)21-19-16(5)8-7-9-17(19)6/h7-9,14-15,20H,10-13H2,1-6H3,(H,21,23). The van der Waals surface area contributed by atoms with Gasteiger partial charge in [0.25, 0.3) is 0 Å². The zero-order valence-corrected chi connectivity index (χ0v) is 15.6. The smallest absolute Gasteiger partial charge is 0.225 e. The predicted molar refractivity (Wildman–Crippen MR) is 99.0 cm³/mol. The van der Waals surface area contributed by atoms with Gasteiger partial charge in [-0.1, -0.05) is 18.2 Å². The number of rotatable bonds is 9. The summed E-state index contributed by atoms with van der Waals surface area (Å²) >= 11 is 0. The SMILES string of the molecule is Cc1cccc(C)c1NC(=O)CCNCCN(C(C)C)C(C)C. The number of carbonyl (C=O) groups is 1. The van der Waals surface area contributed by atoms with Crippen molar-refractivity contribution in [1.29, 1.82) is 0 Å². The molecule has 0 radical (unpaired) electrons. The molecular weight excluding hydrogens is 286 g/mol. The molecule has 0 aliphatic heterocycles. The molecule has 0 bridgehead atoms. The summed E-state index contributed by atoms with van der Waals surface area (Å²) in [4.78, 5) is 14.5. The van der Waals surface area contributed by atoms with Crippen molar-refractivity contribution < 1.29 is 4.79 Å². The predicted octanol–water partition coefficient (Wildman–Crippen LogP) is 3.34. The van der Waals surface area contributed by atoms with Gasteiger partial charge in [-0.25, -0.2) is 0 Å². The quantitative estimate of drug-likeness (QED) is 0.686. The summed E-state index contributed by atoms with van der Waals surface area (Å²) in [6.07, 6.45) is 0.497. The van der Waals surface area contributed by atoms with E-state index in [0.29, 0.717) is 25.0 Å². The third-order valence-corrected chi connectivity index (χ3v) is 4.15. The third-order valence-electron chi connectivity index (χ3n) is 4.15. The molecule has 1 amide bonds. The topological polar surface area (TPSA) is 44.4 Å². The molecule has 0 spiro atoms. The Balaban J connectivity index is 2.30. The number of carbonyl (C=O) groups excluding carboxylic acids is 1. The number of hydrogen-bond donors (Lipinski definition) is 2. The van der Waals surface area contributed by atoms with E-state index >= 15 is 0 Å². The molecule has 1 aromatic carbocycles. The average molecular weight is 319 g/mol. The molecule has 4 nitrogen and oxygen atoms in total. The van der Waals surface area contributed by atoms with Gasteiger partial charge in [-0.05, 0) is 52.7 Å². The van der Waals surface area contributed by atoms with Gasteiger partial charge in [-0.2, -0.15) is 0 Å². The van der Waals surface area contributed by atoms with Crippen molar-refractivity contribution in [3.8, 4) is 0 Å². The molecule has 0 aliphatic rings. The lowest BCUT2D eigenvalue weighted by molar-refractivity contribution is -0.116. The molecule has 1 rings (SSSR count). The van der Waals surface area contributed by atoms with Crippen molar-refractivity contribution in [2.45, 2.75) is 60.0 Å². The van der Waals surface area contributed by atoms with Crippen LogP contribution in [0.4, 0.5) is 5.69 Å². The van der Waals surface area contributed by atoms with Gasteiger partial charge in [0, 0.05) is 43.8 Å². The first-order chi connectivity index (χ1) is 10.8. The highest BCUT2D eigenvalue weighted by Crippen LogP contribution is 2.19. The maximum atomic E-state index is 12.1. The van der Waals surface area contributed by atoms with E-state index < -0.39 is 0 Å². The molecule has 0 saturated heterocycles. The van der Waals surface area contributed by atoms with Crippen molar-refractivity contribution in [2.75, 3.05) is 25.0 Å². The molecular formula is C19H33N3O. The van der Waals surface area contributed by atoms with Gasteiger partial charge >= 0.3 is 0 Å².